The summed E-state index contributed by atoms with van der Waals surface area (Å²) in [6.07, 6.45) is 0.788. The fourth-order valence-electron chi connectivity index (χ4n) is 3.90. The van der Waals surface area contributed by atoms with E-state index in [0.29, 0.717) is 12.1 Å². The van der Waals surface area contributed by atoms with Crippen LogP contribution in [-0.2, 0) is 27.7 Å². The van der Waals surface area contributed by atoms with Crippen molar-refractivity contribution in [2.45, 2.75) is 45.3 Å². The molecule has 0 saturated carbocycles. The van der Waals surface area contributed by atoms with Crippen LogP contribution in [0.4, 0.5) is 8.78 Å². The first-order valence-corrected chi connectivity index (χ1v) is 13.9. The monoisotopic (exact) mass is 621 g/mol. The smallest absolute Gasteiger partial charge is 0.241 e. The Morgan fingerprint density at radius 2 is 1.86 bits per heavy atom. The van der Waals surface area contributed by atoms with Crippen molar-refractivity contribution in [2.75, 3.05) is 12.3 Å². The van der Waals surface area contributed by atoms with Gasteiger partial charge >= 0.3 is 0 Å². The fourth-order valence-corrected chi connectivity index (χ4v) is 5.97. The highest BCUT2D eigenvalue weighted by Gasteiger charge is 2.35. The van der Waals surface area contributed by atoms with E-state index in [-0.39, 0.29) is 24.6 Å². The maximum Gasteiger partial charge on any atom is 0.241 e. The molecule has 192 valence electrons. The van der Waals surface area contributed by atoms with Crippen LogP contribution in [0.1, 0.15) is 25.0 Å². The second kappa shape index (κ2) is 12.4. The Kier molecular flexibility index (Phi) is 9.87. The molecule has 0 radical (unpaired) electrons. The Hall–Kier alpha value is -1.80. The summed E-state index contributed by atoms with van der Waals surface area (Å²) in [5.41, 5.74) is 1.37. The van der Waals surface area contributed by atoms with Crippen molar-refractivity contribution in [2.24, 2.45) is 5.92 Å². The van der Waals surface area contributed by atoms with Crippen LogP contribution in [0, 0.1) is 21.1 Å². The van der Waals surface area contributed by atoms with Crippen molar-refractivity contribution in [3.8, 4) is 0 Å². The molecule has 0 aromatic heterocycles. The third kappa shape index (κ3) is 8.67. The van der Waals surface area contributed by atoms with E-state index in [1.807, 2.05) is 24.3 Å². The van der Waals surface area contributed by atoms with Gasteiger partial charge in [0.25, 0.3) is 0 Å². The van der Waals surface area contributed by atoms with Gasteiger partial charge in [0.1, 0.15) is 17.9 Å². The van der Waals surface area contributed by atoms with Crippen LogP contribution >= 0.6 is 22.6 Å². The lowest BCUT2D eigenvalue weighted by molar-refractivity contribution is -0.0190. The predicted octanol–water partition coefficient (Wildman–Crippen LogP) is 3.29. The molecule has 2 aromatic carbocycles. The van der Waals surface area contributed by atoms with Gasteiger partial charge < -0.3 is 20.1 Å². The van der Waals surface area contributed by atoms with Crippen molar-refractivity contribution in [1.82, 2.24) is 14.9 Å². The molecule has 3 rings (SSSR count). The zero-order chi connectivity index (χ0) is 25.6. The minimum absolute atomic E-state index is 0.0525. The van der Waals surface area contributed by atoms with Crippen LogP contribution in [0.15, 0.2) is 54.9 Å². The lowest BCUT2D eigenvalue weighted by Crippen LogP contribution is -2.55. The molecule has 3 N–H and O–H groups in total. The molecule has 1 aliphatic heterocycles. The van der Waals surface area contributed by atoms with Crippen molar-refractivity contribution in [3.05, 3.63) is 81.3 Å². The molecule has 35 heavy (non-hydrogen) atoms. The summed E-state index contributed by atoms with van der Waals surface area (Å²) in [5, 5.41) is 14.3. The van der Waals surface area contributed by atoms with E-state index in [1.54, 1.807) is 13.8 Å². The molecule has 2 aromatic rings. The number of rotatable bonds is 12. The number of ether oxygens (including phenoxy) is 1. The molecule has 0 spiro atoms. The number of aliphatic hydroxyl groups is 1. The van der Waals surface area contributed by atoms with Crippen LogP contribution < -0.4 is 10.0 Å². The van der Waals surface area contributed by atoms with Gasteiger partial charge in [0.05, 0.1) is 17.9 Å². The molecule has 0 fully saturated rings. The first-order valence-electron chi connectivity index (χ1n) is 11.2. The van der Waals surface area contributed by atoms with E-state index < -0.39 is 40.2 Å². The molecule has 11 heteroatoms. The number of benzene rings is 2. The Morgan fingerprint density at radius 3 is 2.51 bits per heavy atom. The van der Waals surface area contributed by atoms with Crippen molar-refractivity contribution in [1.29, 1.82) is 0 Å². The number of halogens is 3. The minimum atomic E-state index is -3.67. The van der Waals surface area contributed by atoms with Crippen LogP contribution in [0.2, 0.25) is 0 Å². The molecule has 0 aliphatic carbocycles. The second-order valence-electron chi connectivity index (χ2n) is 8.89. The lowest BCUT2D eigenvalue weighted by atomic mass is 9.99. The average molecular weight is 621 g/mol. The van der Waals surface area contributed by atoms with Gasteiger partial charge in [-0.05, 0) is 70.3 Å². The number of aliphatic hydroxyl groups excluding tert-OH is 1. The third-order valence-corrected chi connectivity index (χ3v) is 7.65. The molecule has 0 amide bonds. The summed E-state index contributed by atoms with van der Waals surface area (Å²) in [4.78, 5) is 1.53. The zero-order valence-corrected chi connectivity index (χ0v) is 22.5. The molecule has 3 atom stereocenters. The average Bonchev–Trinajstić information content (AvgIpc) is 3.17. The number of hydrogen-bond donors (Lipinski definition) is 3. The minimum Gasteiger partial charge on any atom is -0.462 e. The summed E-state index contributed by atoms with van der Waals surface area (Å²) >= 11 is 2.22. The Balaban J connectivity index is 1.77. The van der Waals surface area contributed by atoms with E-state index in [0.717, 1.165) is 15.2 Å². The maximum atomic E-state index is 13.8. The maximum absolute atomic E-state index is 13.8. The van der Waals surface area contributed by atoms with Crippen molar-refractivity contribution in [3.63, 3.8) is 0 Å². The molecule has 1 aliphatic rings. The standard InChI is InChI=1S/C24H30F2IN3O4S/c1-16(2)15-35(32,33)29-24-30(6-7-34-24)22(11-18-8-19(25)12-20(26)9-18)23(31)14-28-13-17-4-3-5-21(27)10-17/h3-10,12,16,22-24,28-29,31H,11,13-15H2,1-2H3/t22-,23+,24?/m0/s1. The van der Waals surface area contributed by atoms with Crippen LogP contribution in [-0.4, -0.2) is 49.2 Å². The zero-order valence-electron chi connectivity index (χ0n) is 19.5. The van der Waals surface area contributed by atoms with Gasteiger partial charge in [-0.3, -0.25) is 0 Å². The molecule has 0 bridgehead atoms. The van der Waals surface area contributed by atoms with Crippen LogP contribution in [0.25, 0.3) is 0 Å². The SMILES string of the molecule is CC(C)CS(=O)(=O)NC1OC=CN1[C@@H](Cc1cc(F)cc(F)c1)[C@H](O)CNCc1cccc(I)c1. The number of nitrogens with zero attached hydrogens (tertiary/aromatic N) is 1. The lowest BCUT2D eigenvalue weighted by Gasteiger charge is -2.35. The van der Waals surface area contributed by atoms with Gasteiger partial charge in [-0.1, -0.05) is 26.0 Å². The van der Waals surface area contributed by atoms with Crippen LogP contribution in [0.3, 0.4) is 0 Å². The van der Waals surface area contributed by atoms with E-state index in [9.17, 15) is 22.3 Å². The normalized spacial score (nSPS) is 17.6. The van der Waals surface area contributed by atoms with Gasteiger partial charge in [0.15, 0.2) is 0 Å². The highest BCUT2D eigenvalue weighted by molar-refractivity contribution is 14.1. The number of hydrogen-bond acceptors (Lipinski definition) is 6. The van der Waals surface area contributed by atoms with E-state index in [1.165, 1.54) is 29.5 Å². The third-order valence-electron chi connectivity index (χ3n) is 5.31. The van der Waals surface area contributed by atoms with Crippen molar-refractivity contribution >= 4 is 32.6 Å². The van der Waals surface area contributed by atoms with Gasteiger partial charge in [-0.15, -0.1) is 0 Å². The number of nitrogens with one attached hydrogen (secondary N) is 2. The Morgan fingerprint density at radius 1 is 1.14 bits per heavy atom. The van der Waals surface area contributed by atoms with E-state index in [4.69, 9.17) is 4.74 Å². The van der Waals surface area contributed by atoms with Gasteiger partial charge in [-0.25, -0.2) is 17.2 Å². The highest BCUT2D eigenvalue weighted by atomic mass is 127. The van der Waals surface area contributed by atoms with E-state index in [2.05, 4.69) is 32.6 Å². The molecule has 7 nitrogen and oxygen atoms in total. The Bertz CT molecular complexity index is 1110. The molecule has 1 heterocycles. The molecular weight excluding hydrogens is 591 g/mol. The number of sulfonamides is 1. The second-order valence-corrected chi connectivity index (χ2v) is 11.9. The highest BCUT2D eigenvalue weighted by Crippen LogP contribution is 2.22. The van der Waals surface area contributed by atoms with E-state index >= 15 is 0 Å². The first kappa shape index (κ1) is 27.8. The van der Waals surface area contributed by atoms with Gasteiger partial charge in [0, 0.05) is 28.9 Å². The molecular formula is C24H30F2IN3O4S. The van der Waals surface area contributed by atoms with Gasteiger partial charge in [0.2, 0.25) is 16.4 Å². The molecule has 0 saturated heterocycles. The summed E-state index contributed by atoms with van der Waals surface area (Å²) < 4.78 is 61.8. The van der Waals surface area contributed by atoms with Gasteiger partial charge in [-0.2, -0.15) is 4.72 Å². The summed E-state index contributed by atoms with van der Waals surface area (Å²) in [7, 11) is -3.67. The first-order chi connectivity index (χ1) is 16.5. The van der Waals surface area contributed by atoms with Crippen LogP contribution in [0.5, 0.6) is 0 Å². The summed E-state index contributed by atoms with van der Waals surface area (Å²) in [5.74, 6) is -1.66. The summed E-state index contributed by atoms with van der Waals surface area (Å²) in [6, 6.07) is 10.3. The predicted molar refractivity (Wildman–Crippen MR) is 138 cm³/mol. The van der Waals surface area contributed by atoms with Crippen molar-refractivity contribution < 1.29 is 27.0 Å². The fraction of sp³-hybridized carbons (Fsp3) is 0.417. The quantitative estimate of drug-likeness (QED) is 0.316. The summed E-state index contributed by atoms with van der Waals surface area (Å²) in [6.45, 7) is 4.24. The topological polar surface area (TPSA) is 90.9 Å². The Labute approximate surface area is 218 Å². The molecule has 1 unspecified atom stereocenters. The largest absolute Gasteiger partial charge is 0.462 e.